The molecular formula is C35H49N3O4S. The van der Waals surface area contributed by atoms with E-state index in [1.807, 2.05) is 46.2 Å². The van der Waals surface area contributed by atoms with E-state index in [4.69, 9.17) is 0 Å². The van der Waals surface area contributed by atoms with E-state index in [2.05, 4.69) is 20.1 Å². The van der Waals surface area contributed by atoms with Gasteiger partial charge in [0.15, 0.2) is 0 Å². The fourth-order valence-corrected chi connectivity index (χ4v) is 10.8. The second kappa shape index (κ2) is 14.0. The fourth-order valence-electron chi connectivity index (χ4n) is 8.42. The number of aliphatic hydroxyl groups excluding tert-OH is 1. The summed E-state index contributed by atoms with van der Waals surface area (Å²) >= 11 is 1.76. The molecule has 2 bridgehead atoms. The van der Waals surface area contributed by atoms with E-state index in [0.29, 0.717) is 19.6 Å². The van der Waals surface area contributed by atoms with Crippen LogP contribution in [-0.4, -0.2) is 80.9 Å². The number of benzene rings is 1. The van der Waals surface area contributed by atoms with Crippen molar-refractivity contribution in [2.24, 2.45) is 17.8 Å². The van der Waals surface area contributed by atoms with Crippen molar-refractivity contribution in [2.75, 3.05) is 31.1 Å². The van der Waals surface area contributed by atoms with Gasteiger partial charge in [-0.3, -0.25) is 14.4 Å². The molecule has 4 fully saturated rings. The summed E-state index contributed by atoms with van der Waals surface area (Å²) < 4.78 is -0.630. The Morgan fingerprint density at radius 2 is 1.72 bits per heavy atom. The number of amides is 3. The number of nitrogens with zero attached hydrogens (tertiary/aromatic N) is 3. The number of anilines is 1. The van der Waals surface area contributed by atoms with E-state index in [1.165, 1.54) is 6.42 Å². The van der Waals surface area contributed by atoms with Gasteiger partial charge in [-0.05, 0) is 50.2 Å². The lowest BCUT2D eigenvalue weighted by atomic mass is 9.65. The van der Waals surface area contributed by atoms with Crippen LogP contribution in [0.1, 0.15) is 71.1 Å². The fraction of sp³-hybridized carbons (Fsp3) is 0.629. The van der Waals surface area contributed by atoms with Crippen LogP contribution in [0.15, 0.2) is 55.6 Å². The van der Waals surface area contributed by atoms with Crippen LogP contribution < -0.4 is 4.90 Å². The first-order valence-corrected chi connectivity index (χ1v) is 17.3. The van der Waals surface area contributed by atoms with Gasteiger partial charge in [-0.2, -0.15) is 0 Å². The molecule has 0 radical (unpaired) electrons. The van der Waals surface area contributed by atoms with Crippen molar-refractivity contribution < 1.29 is 19.5 Å². The summed E-state index contributed by atoms with van der Waals surface area (Å²) in [5, 5.41) is 9.25. The molecule has 7 nitrogen and oxygen atoms in total. The van der Waals surface area contributed by atoms with Crippen molar-refractivity contribution in [3.8, 4) is 0 Å². The summed E-state index contributed by atoms with van der Waals surface area (Å²) in [4.78, 5) is 49.6. The molecule has 1 aromatic rings. The summed E-state index contributed by atoms with van der Waals surface area (Å²) in [5.41, 5.74) is 0.801. The molecule has 3 heterocycles. The van der Waals surface area contributed by atoms with Crippen molar-refractivity contribution in [3.05, 3.63) is 55.6 Å². The van der Waals surface area contributed by atoms with E-state index in [9.17, 15) is 19.5 Å². The van der Waals surface area contributed by atoms with Gasteiger partial charge in [0, 0.05) is 43.2 Å². The third-order valence-corrected chi connectivity index (χ3v) is 12.4. The lowest BCUT2D eigenvalue weighted by Gasteiger charge is -2.43. The van der Waals surface area contributed by atoms with E-state index in [1.54, 1.807) is 22.7 Å². The van der Waals surface area contributed by atoms with E-state index >= 15 is 0 Å². The van der Waals surface area contributed by atoms with Gasteiger partial charge in [-0.25, -0.2) is 0 Å². The van der Waals surface area contributed by atoms with Gasteiger partial charge in [-0.15, -0.1) is 24.9 Å². The Morgan fingerprint density at radius 1 is 1.02 bits per heavy atom. The molecule has 1 N–H and O–H groups in total. The third kappa shape index (κ3) is 5.82. The number of carbonyl (C=O) groups is 3. The zero-order valence-electron chi connectivity index (χ0n) is 25.7. The van der Waals surface area contributed by atoms with Crippen molar-refractivity contribution in [1.82, 2.24) is 9.80 Å². The molecule has 3 unspecified atom stereocenters. The number of fused-ring (bicyclic) bond motifs is 1. The van der Waals surface area contributed by atoms with Crippen LogP contribution >= 0.6 is 11.8 Å². The van der Waals surface area contributed by atoms with E-state index in [0.717, 1.165) is 63.5 Å². The van der Waals surface area contributed by atoms with Crippen LogP contribution in [0.4, 0.5) is 5.69 Å². The lowest BCUT2D eigenvalue weighted by Crippen LogP contribution is -2.59. The van der Waals surface area contributed by atoms with Gasteiger partial charge in [0.25, 0.3) is 0 Å². The highest BCUT2D eigenvalue weighted by Crippen LogP contribution is 2.69. The number of rotatable bonds is 14. The van der Waals surface area contributed by atoms with Gasteiger partial charge >= 0.3 is 0 Å². The second-order valence-electron chi connectivity index (χ2n) is 12.9. The van der Waals surface area contributed by atoms with Gasteiger partial charge in [0.2, 0.25) is 17.7 Å². The molecule has 43 heavy (non-hydrogen) atoms. The molecule has 5 rings (SSSR count). The smallest absolute Gasteiger partial charge is 0.247 e. The van der Waals surface area contributed by atoms with Gasteiger partial charge < -0.3 is 19.8 Å². The predicted octanol–water partition coefficient (Wildman–Crippen LogP) is 5.44. The van der Waals surface area contributed by atoms with Crippen LogP contribution in [0, 0.1) is 17.8 Å². The largest absolute Gasteiger partial charge is 0.396 e. The Labute approximate surface area is 261 Å². The van der Waals surface area contributed by atoms with Crippen molar-refractivity contribution in [3.63, 3.8) is 0 Å². The summed E-state index contributed by atoms with van der Waals surface area (Å²) in [7, 11) is 0. The SMILES string of the molecule is C=CCN(C(=O)[C@@H]1[C@@H]2CC(C)C3(S2)C(C(=O)N(CC=C)C2CCCCC2)N(CCCCCCO)C(=O)[C@H]13)c1ccccc1. The maximum atomic E-state index is 14.9. The number of para-hydroxylation sites is 1. The topological polar surface area (TPSA) is 81.2 Å². The van der Waals surface area contributed by atoms with Crippen LogP contribution in [0.5, 0.6) is 0 Å². The second-order valence-corrected chi connectivity index (χ2v) is 14.4. The van der Waals surface area contributed by atoms with Crippen LogP contribution in [0.3, 0.4) is 0 Å². The Balaban J connectivity index is 1.52. The zero-order chi connectivity index (χ0) is 30.6. The van der Waals surface area contributed by atoms with E-state index < -0.39 is 22.6 Å². The number of likely N-dealkylation sites (tertiary alicyclic amines) is 1. The minimum atomic E-state index is -0.630. The highest BCUT2D eigenvalue weighted by Gasteiger charge is 2.76. The monoisotopic (exact) mass is 607 g/mol. The Morgan fingerprint density at radius 3 is 2.40 bits per heavy atom. The van der Waals surface area contributed by atoms with Gasteiger partial charge in [0.1, 0.15) is 6.04 Å². The Kier molecular flexibility index (Phi) is 10.4. The molecule has 234 valence electrons. The number of carbonyl (C=O) groups excluding carboxylic acids is 3. The maximum absolute atomic E-state index is 14.9. The molecule has 8 heteroatoms. The highest BCUT2D eigenvalue weighted by molar-refractivity contribution is 8.02. The molecule has 4 aliphatic rings. The number of unbranched alkanes of at least 4 members (excludes halogenated alkanes) is 3. The molecule has 3 saturated heterocycles. The quantitative estimate of drug-likeness (QED) is 0.225. The molecule has 1 saturated carbocycles. The Bertz CT molecular complexity index is 1170. The molecule has 1 aromatic carbocycles. The molecular weight excluding hydrogens is 558 g/mol. The highest BCUT2D eigenvalue weighted by atomic mass is 32.2. The first-order valence-electron chi connectivity index (χ1n) is 16.4. The van der Waals surface area contributed by atoms with Crippen LogP contribution in [0.2, 0.25) is 0 Å². The van der Waals surface area contributed by atoms with Gasteiger partial charge in [-0.1, -0.05) is 69.4 Å². The molecule has 3 amide bonds. The first-order chi connectivity index (χ1) is 20.9. The third-order valence-electron chi connectivity index (χ3n) is 10.3. The molecule has 3 aliphatic heterocycles. The van der Waals surface area contributed by atoms with Gasteiger partial charge in [0.05, 0.1) is 16.6 Å². The lowest BCUT2D eigenvalue weighted by molar-refractivity contribution is -0.144. The predicted molar refractivity (Wildman–Crippen MR) is 174 cm³/mol. The number of thioether (sulfide) groups is 1. The van der Waals surface area contributed by atoms with Crippen molar-refractivity contribution in [1.29, 1.82) is 0 Å². The molecule has 1 aliphatic carbocycles. The van der Waals surface area contributed by atoms with E-state index in [-0.39, 0.29) is 41.5 Å². The minimum Gasteiger partial charge on any atom is -0.396 e. The minimum absolute atomic E-state index is 0.00276. The normalized spacial score (nSPS) is 29.9. The molecule has 1 spiro atoms. The van der Waals surface area contributed by atoms with Crippen LogP contribution in [0.25, 0.3) is 0 Å². The average Bonchev–Trinajstić information content (AvgIpc) is 3.62. The Hall–Kier alpha value is -2.58. The average molecular weight is 608 g/mol. The summed E-state index contributed by atoms with van der Waals surface area (Å²) in [6, 6.07) is 9.21. The summed E-state index contributed by atoms with van der Waals surface area (Å²) in [6.07, 6.45) is 13.0. The number of aliphatic hydroxyl groups is 1. The maximum Gasteiger partial charge on any atom is 0.247 e. The first kappa shape index (κ1) is 31.8. The zero-order valence-corrected chi connectivity index (χ0v) is 26.6. The van der Waals surface area contributed by atoms with Crippen LogP contribution in [-0.2, 0) is 14.4 Å². The number of hydrogen-bond donors (Lipinski definition) is 1. The van der Waals surface area contributed by atoms with Crippen molar-refractivity contribution in [2.45, 2.75) is 93.2 Å². The summed E-state index contributed by atoms with van der Waals surface area (Å²) in [5.74, 6) is -0.909. The number of hydrogen-bond acceptors (Lipinski definition) is 5. The standard InChI is InChI=1S/C35H49N3O4S/c1-4-20-36(26-16-10-8-11-17-26)32(40)29-28-24-25(3)35(43-28)30(29)33(41)38(22-14-6-7-15-23-39)31(35)34(42)37(21-5-2)27-18-12-9-13-19-27/h4-5,8,10-11,16-17,25,27-31,39H,1-2,6-7,9,12-15,18-24H2,3H3/t25?,28-,29+,30-,31?,35?/m0/s1. The van der Waals surface area contributed by atoms with Crippen molar-refractivity contribution >= 4 is 35.2 Å². The molecule has 0 aromatic heterocycles. The summed E-state index contributed by atoms with van der Waals surface area (Å²) in [6.45, 7) is 11.6. The molecule has 6 atom stereocenters.